The first kappa shape index (κ1) is 13.4. The molecule has 0 aliphatic carbocycles. The molecule has 3 rings (SSSR count). The molecule has 1 atom stereocenters. The zero-order chi connectivity index (χ0) is 14.7. The maximum absolute atomic E-state index is 11.0. The fourth-order valence-corrected chi connectivity index (χ4v) is 2.37. The zero-order valence-corrected chi connectivity index (χ0v) is 11.3. The van der Waals surface area contributed by atoms with Gasteiger partial charge in [-0.25, -0.2) is 4.79 Å². The number of aromatic nitrogens is 2. The van der Waals surface area contributed by atoms with Gasteiger partial charge in [0, 0.05) is 13.1 Å². The highest BCUT2D eigenvalue weighted by molar-refractivity contribution is 5.65. The number of carboxylic acid groups (broad SMARTS) is 1. The van der Waals surface area contributed by atoms with Crippen LogP contribution in [0.5, 0.6) is 11.8 Å². The highest BCUT2D eigenvalue weighted by Gasteiger charge is 2.28. The topological polar surface area (TPSA) is 88.7 Å². The minimum atomic E-state index is -0.917. The van der Waals surface area contributed by atoms with Crippen molar-refractivity contribution in [3.63, 3.8) is 0 Å². The summed E-state index contributed by atoms with van der Waals surface area (Å²) in [6.07, 6.45) is 0.699. The monoisotopic (exact) mass is 289 g/mol. The van der Waals surface area contributed by atoms with E-state index in [-0.39, 0.29) is 11.9 Å². The van der Waals surface area contributed by atoms with Gasteiger partial charge in [-0.1, -0.05) is 18.2 Å². The Balaban J connectivity index is 1.68. The largest absolute Gasteiger partial charge is 0.465 e. The van der Waals surface area contributed by atoms with Crippen LogP contribution >= 0.6 is 0 Å². The summed E-state index contributed by atoms with van der Waals surface area (Å²) in [6, 6.07) is 9.32. The molecular formula is C14H15N3O4. The molecular weight excluding hydrogens is 274 g/mol. The van der Waals surface area contributed by atoms with Crippen molar-refractivity contribution >= 4 is 6.09 Å². The van der Waals surface area contributed by atoms with Crippen molar-refractivity contribution in [2.24, 2.45) is 0 Å². The summed E-state index contributed by atoms with van der Waals surface area (Å²) in [7, 11) is 0. The first-order valence-electron chi connectivity index (χ1n) is 6.77. The van der Waals surface area contributed by atoms with E-state index in [1.807, 2.05) is 18.2 Å². The third-order valence-electron chi connectivity index (χ3n) is 3.42. The van der Waals surface area contributed by atoms with Gasteiger partial charge in [0.1, 0.15) is 5.75 Å². The van der Waals surface area contributed by atoms with E-state index in [2.05, 4.69) is 10.1 Å². The number of para-hydroxylation sites is 1. The van der Waals surface area contributed by atoms with Crippen LogP contribution in [0.25, 0.3) is 0 Å². The first-order valence-corrected chi connectivity index (χ1v) is 6.77. The van der Waals surface area contributed by atoms with Crippen LogP contribution in [0.15, 0.2) is 34.9 Å². The van der Waals surface area contributed by atoms with Crippen molar-refractivity contribution in [1.29, 1.82) is 0 Å². The molecule has 0 bridgehead atoms. The van der Waals surface area contributed by atoms with Gasteiger partial charge in [-0.05, 0) is 30.1 Å². The Morgan fingerprint density at radius 3 is 2.95 bits per heavy atom. The van der Waals surface area contributed by atoms with E-state index < -0.39 is 6.09 Å². The number of ether oxygens (including phenoxy) is 1. The smallest absolute Gasteiger partial charge is 0.407 e. The molecule has 110 valence electrons. The molecule has 21 heavy (non-hydrogen) atoms. The minimum absolute atomic E-state index is 0.0736. The second kappa shape index (κ2) is 5.82. The lowest BCUT2D eigenvalue weighted by molar-refractivity contribution is 0.126. The Bertz CT molecular complexity index is 614. The number of hydrogen-bond acceptors (Lipinski definition) is 5. The molecule has 1 aliphatic heterocycles. The molecule has 0 radical (unpaired) electrons. The second-order valence-electron chi connectivity index (χ2n) is 4.90. The van der Waals surface area contributed by atoms with E-state index in [0.29, 0.717) is 24.7 Å². The van der Waals surface area contributed by atoms with Crippen LogP contribution in [0, 0.1) is 0 Å². The van der Waals surface area contributed by atoms with Gasteiger partial charge in [-0.2, -0.15) is 4.98 Å². The van der Waals surface area contributed by atoms with Gasteiger partial charge in [0.2, 0.25) is 5.89 Å². The summed E-state index contributed by atoms with van der Waals surface area (Å²) in [4.78, 5) is 16.6. The normalized spacial score (nSPS) is 18.5. The van der Waals surface area contributed by atoms with Crippen molar-refractivity contribution < 1.29 is 19.2 Å². The Morgan fingerprint density at radius 1 is 1.38 bits per heavy atom. The average Bonchev–Trinajstić information content (AvgIpc) is 2.97. The first-order chi connectivity index (χ1) is 10.2. The number of nitrogens with zero attached hydrogens (tertiary/aromatic N) is 3. The summed E-state index contributed by atoms with van der Waals surface area (Å²) in [5, 5.41) is 12.8. The Hall–Kier alpha value is -2.57. The lowest BCUT2D eigenvalue weighted by atomic mass is 9.98. The molecule has 1 aliphatic rings. The lowest BCUT2D eigenvalue weighted by Crippen LogP contribution is -2.38. The van der Waals surface area contributed by atoms with Crippen molar-refractivity contribution in [2.75, 3.05) is 13.1 Å². The number of carbonyl (C=O) groups is 1. The van der Waals surface area contributed by atoms with Crippen LogP contribution in [-0.2, 0) is 0 Å². The van der Waals surface area contributed by atoms with Crippen LogP contribution in [0.3, 0.4) is 0 Å². The minimum Gasteiger partial charge on any atom is -0.465 e. The van der Waals surface area contributed by atoms with Crippen LogP contribution in [0.4, 0.5) is 4.79 Å². The highest BCUT2D eigenvalue weighted by Crippen LogP contribution is 2.27. The van der Waals surface area contributed by atoms with E-state index in [0.717, 1.165) is 12.8 Å². The summed E-state index contributed by atoms with van der Waals surface area (Å²) < 4.78 is 10.7. The summed E-state index contributed by atoms with van der Waals surface area (Å²) >= 11 is 0. The molecule has 0 saturated carbocycles. The fraction of sp³-hybridized carbons (Fsp3) is 0.357. The molecule has 0 spiro atoms. The maximum Gasteiger partial charge on any atom is 0.407 e. The Labute approximate surface area is 121 Å². The van der Waals surface area contributed by atoms with Crippen LogP contribution in [0.2, 0.25) is 0 Å². The predicted molar refractivity (Wildman–Crippen MR) is 72.4 cm³/mol. The number of amides is 1. The molecule has 1 fully saturated rings. The molecule has 7 nitrogen and oxygen atoms in total. The number of piperidine rings is 1. The van der Waals surface area contributed by atoms with E-state index >= 15 is 0 Å². The molecule has 1 aromatic heterocycles. The van der Waals surface area contributed by atoms with Gasteiger partial charge in [0.05, 0.1) is 5.92 Å². The quantitative estimate of drug-likeness (QED) is 0.934. The van der Waals surface area contributed by atoms with Crippen molar-refractivity contribution in [3.8, 4) is 11.8 Å². The maximum atomic E-state index is 11.0. The van der Waals surface area contributed by atoms with Crippen LogP contribution in [0.1, 0.15) is 24.7 Å². The van der Waals surface area contributed by atoms with Crippen LogP contribution in [-0.4, -0.2) is 39.3 Å². The molecule has 0 unspecified atom stereocenters. The Morgan fingerprint density at radius 2 is 2.19 bits per heavy atom. The highest BCUT2D eigenvalue weighted by atomic mass is 16.6. The summed E-state index contributed by atoms with van der Waals surface area (Å²) in [5.74, 6) is 0.975. The average molecular weight is 289 g/mol. The van der Waals surface area contributed by atoms with Gasteiger partial charge < -0.3 is 19.3 Å². The summed E-state index contributed by atoms with van der Waals surface area (Å²) in [5.41, 5.74) is 0. The molecule has 7 heteroatoms. The second-order valence-corrected chi connectivity index (χ2v) is 4.90. The molecule has 1 saturated heterocycles. The lowest BCUT2D eigenvalue weighted by Gasteiger charge is -2.28. The van der Waals surface area contributed by atoms with Crippen molar-refractivity contribution in [2.45, 2.75) is 18.8 Å². The van der Waals surface area contributed by atoms with Gasteiger partial charge >= 0.3 is 12.1 Å². The van der Waals surface area contributed by atoms with Gasteiger partial charge in [-0.15, -0.1) is 0 Å². The molecule has 2 heterocycles. The van der Waals surface area contributed by atoms with E-state index in [1.54, 1.807) is 12.1 Å². The zero-order valence-electron chi connectivity index (χ0n) is 11.3. The SMILES string of the molecule is O=C(O)N1CCC[C@H](c2nc(Oc3ccccc3)no2)C1. The standard InChI is InChI=1S/C14H15N3O4/c18-14(19)17-8-4-5-10(9-17)12-15-13(16-21-12)20-11-6-2-1-3-7-11/h1-3,6-7,10H,4-5,8-9H2,(H,18,19)/t10-/m0/s1. The fourth-order valence-electron chi connectivity index (χ4n) is 2.37. The van der Waals surface area contributed by atoms with Gasteiger partial charge in [0.15, 0.2) is 0 Å². The van der Waals surface area contributed by atoms with Crippen molar-refractivity contribution in [1.82, 2.24) is 15.0 Å². The van der Waals surface area contributed by atoms with E-state index in [9.17, 15) is 4.79 Å². The molecule has 1 N–H and O–H groups in total. The number of rotatable bonds is 3. The van der Waals surface area contributed by atoms with E-state index in [1.165, 1.54) is 4.90 Å². The van der Waals surface area contributed by atoms with Gasteiger partial charge in [-0.3, -0.25) is 0 Å². The Kier molecular flexibility index (Phi) is 3.72. The molecule has 1 amide bonds. The number of likely N-dealkylation sites (tertiary alicyclic amines) is 1. The van der Waals surface area contributed by atoms with Gasteiger partial charge in [0.25, 0.3) is 0 Å². The van der Waals surface area contributed by atoms with Crippen LogP contribution < -0.4 is 4.74 Å². The number of benzene rings is 1. The van der Waals surface area contributed by atoms with E-state index in [4.69, 9.17) is 14.4 Å². The van der Waals surface area contributed by atoms with Crippen molar-refractivity contribution in [3.05, 3.63) is 36.2 Å². The summed E-state index contributed by atoms with van der Waals surface area (Å²) in [6.45, 7) is 0.926. The predicted octanol–water partition coefficient (Wildman–Crippen LogP) is 2.72. The third-order valence-corrected chi connectivity index (χ3v) is 3.42. The number of hydrogen-bond donors (Lipinski definition) is 1. The molecule has 1 aromatic carbocycles. The molecule has 2 aromatic rings. The third kappa shape index (κ3) is 3.13.